The molecule has 4 nitrogen and oxygen atoms in total. The molecule has 1 aliphatic rings. The fourth-order valence-corrected chi connectivity index (χ4v) is 2.25. The highest BCUT2D eigenvalue weighted by atomic mass is 35.5. The molecule has 1 fully saturated rings. The number of hydrogen-bond donors (Lipinski definition) is 2. The monoisotopic (exact) mass is 298 g/mol. The zero-order chi connectivity index (χ0) is 13.5. The average Bonchev–Trinajstić information content (AvgIpc) is 2.44. The van der Waals surface area contributed by atoms with Gasteiger partial charge in [-0.15, -0.1) is 12.4 Å². The van der Waals surface area contributed by atoms with E-state index in [1.807, 2.05) is 31.2 Å². The summed E-state index contributed by atoms with van der Waals surface area (Å²) < 4.78 is 5.59. The first-order valence-electron chi connectivity index (χ1n) is 6.96. The number of amides is 1. The number of halogens is 1. The van der Waals surface area contributed by atoms with Gasteiger partial charge >= 0.3 is 0 Å². The van der Waals surface area contributed by atoms with Crippen molar-refractivity contribution in [3.8, 4) is 5.75 Å². The summed E-state index contributed by atoms with van der Waals surface area (Å²) in [5, 5.41) is 6.14. The third kappa shape index (κ3) is 5.39. The van der Waals surface area contributed by atoms with Crippen LogP contribution < -0.4 is 15.4 Å². The summed E-state index contributed by atoms with van der Waals surface area (Å²) in [5.74, 6) is 0.942. The van der Waals surface area contributed by atoms with Crippen LogP contribution in [0, 0.1) is 6.92 Å². The fourth-order valence-electron chi connectivity index (χ4n) is 2.25. The number of ether oxygens (including phenoxy) is 1. The molecule has 1 aliphatic heterocycles. The van der Waals surface area contributed by atoms with Gasteiger partial charge in [0.2, 0.25) is 5.91 Å². The van der Waals surface area contributed by atoms with Crippen molar-refractivity contribution >= 4 is 18.3 Å². The van der Waals surface area contributed by atoms with E-state index in [-0.39, 0.29) is 24.4 Å². The van der Waals surface area contributed by atoms with Crippen LogP contribution in [0.25, 0.3) is 0 Å². The molecule has 2 rings (SSSR count). The molecule has 1 saturated heterocycles. The minimum absolute atomic E-state index is 0. The number of aryl methyl sites for hydroxylation is 1. The summed E-state index contributed by atoms with van der Waals surface area (Å²) in [5.41, 5.74) is 1.17. The molecule has 1 atom stereocenters. The number of rotatable bonds is 5. The molecule has 112 valence electrons. The van der Waals surface area contributed by atoms with Gasteiger partial charge < -0.3 is 15.4 Å². The van der Waals surface area contributed by atoms with Crippen LogP contribution in [-0.2, 0) is 4.79 Å². The summed E-state index contributed by atoms with van der Waals surface area (Å²) in [7, 11) is 0. The Morgan fingerprint density at radius 3 is 3.00 bits per heavy atom. The van der Waals surface area contributed by atoms with Crippen LogP contribution in [0.1, 0.15) is 24.8 Å². The second-order valence-electron chi connectivity index (χ2n) is 4.96. The lowest BCUT2D eigenvalue weighted by Gasteiger charge is -2.22. The second-order valence-corrected chi connectivity index (χ2v) is 4.96. The quantitative estimate of drug-likeness (QED) is 0.818. The molecule has 1 aromatic carbocycles. The van der Waals surface area contributed by atoms with Crippen LogP contribution in [0.5, 0.6) is 5.75 Å². The van der Waals surface area contributed by atoms with Crippen molar-refractivity contribution in [2.45, 2.75) is 32.2 Å². The predicted octanol–water partition coefficient (Wildman–Crippen LogP) is 2.05. The van der Waals surface area contributed by atoms with Gasteiger partial charge in [-0.1, -0.05) is 18.6 Å². The molecule has 2 N–H and O–H groups in total. The maximum absolute atomic E-state index is 11.8. The first-order chi connectivity index (χ1) is 9.25. The third-order valence-electron chi connectivity index (χ3n) is 3.29. The lowest BCUT2D eigenvalue weighted by atomic mass is 10.0. The summed E-state index contributed by atoms with van der Waals surface area (Å²) in [4.78, 5) is 11.8. The smallest absolute Gasteiger partial charge is 0.237 e. The van der Waals surface area contributed by atoms with Crippen LogP contribution in [0.4, 0.5) is 0 Å². The Morgan fingerprint density at radius 1 is 1.45 bits per heavy atom. The number of nitrogens with one attached hydrogen (secondary N) is 2. The van der Waals surface area contributed by atoms with Crippen molar-refractivity contribution in [3.63, 3.8) is 0 Å². The van der Waals surface area contributed by atoms with E-state index in [0.29, 0.717) is 13.2 Å². The molecule has 1 amide bonds. The molecule has 5 heteroatoms. The first kappa shape index (κ1) is 16.8. The maximum atomic E-state index is 11.8. The van der Waals surface area contributed by atoms with Crippen LogP contribution in [0.2, 0.25) is 0 Å². The minimum atomic E-state index is -0.0206. The predicted molar refractivity (Wildman–Crippen MR) is 82.6 cm³/mol. The third-order valence-corrected chi connectivity index (χ3v) is 3.29. The van der Waals surface area contributed by atoms with Gasteiger partial charge in [0.05, 0.1) is 12.6 Å². The van der Waals surface area contributed by atoms with E-state index < -0.39 is 0 Å². The topological polar surface area (TPSA) is 50.4 Å². The Morgan fingerprint density at radius 2 is 2.30 bits per heavy atom. The first-order valence-corrected chi connectivity index (χ1v) is 6.96. The molecule has 1 heterocycles. The highest BCUT2D eigenvalue weighted by molar-refractivity contribution is 5.85. The standard InChI is InChI=1S/C15H22N2O2.ClH/c1-12-5-4-6-13(11-12)19-10-9-17-15(18)14-7-2-3-8-16-14;/h4-6,11,14,16H,2-3,7-10H2,1H3,(H,17,18);1H/t14-;/m0./s1. The largest absolute Gasteiger partial charge is 0.492 e. The fraction of sp³-hybridized carbons (Fsp3) is 0.533. The second kappa shape index (κ2) is 8.82. The molecule has 20 heavy (non-hydrogen) atoms. The van der Waals surface area contributed by atoms with Crippen molar-refractivity contribution in [2.24, 2.45) is 0 Å². The molecule has 0 unspecified atom stereocenters. The molecule has 0 bridgehead atoms. The Bertz CT molecular complexity index is 420. The van der Waals surface area contributed by atoms with Crippen molar-refractivity contribution < 1.29 is 9.53 Å². The van der Waals surface area contributed by atoms with Crippen molar-refractivity contribution in [1.82, 2.24) is 10.6 Å². The number of benzene rings is 1. The van der Waals surface area contributed by atoms with Gasteiger partial charge in [-0.2, -0.15) is 0 Å². The van der Waals surface area contributed by atoms with Crippen molar-refractivity contribution in [1.29, 1.82) is 0 Å². The molecule has 0 spiro atoms. The van der Waals surface area contributed by atoms with Gasteiger partial charge in [0, 0.05) is 0 Å². The van der Waals surface area contributed by atoms with Crippen LogP contribution in [0.3, 0.4) is 0 Å². The summed E-state index contributed by atoms with van der Waals surface area (Å²) in [6.45, 7) is 4.02. The lowest BCUT2D eigenvalue weighted by molar-refractivity contribution is -0.123. The molecule has 0 aliphatic carbocycles. The molecular weight excluding hydrogens is 276 g/mol. The minimum Gasteiger partial charge on any atom is -0.492 e. The Labute approximate surface area is 126 Å². The van der Waals surface area contributed by atoms with Gasteiger partial charge in [-0.25, -0.2) is 0 Å². The average molecular weight is 299 g/mol. The number of hydrogen-bond acceptors (Lipinski definition) is 3. The molecule has 0 radical (unpaired) electrons. The van der Waals surface area contributed by atoms with Gasteiger partial charge in [0.25, 0.3) is 0 Å². The number of carbonyl (C=O) groups is 1. The maximum Gasteiger partial charge on any atom is 0.237 e. The van der Waals surface area contributed by atoms with E-state index in [1.165, 1.54) is 12.0 Å². The highest BCUT2D eigenvalue weighted by Crippen LogP contribution is 2.11. The van der Waals surface area contributed by atoms with Crippen LogP contribution in [0.15, 0.2) is 24.3 Å². The van der Waals surface area contributed by atoms with E-state index in [4.69, 9.17) is 4.74 Å². The molecule has 1 aromatic rings. The van der Waals surface area contributed by atoms with Gasteiger partial charge in [-0.05, 0) is 44.0 Å². The Kier molecular flexibility index (Phi) is 7.41. The summed E-state index contributed by atoms with van der Waals surface area (Å²) in [6, 6.07) is 7.90. The normalized spacial score (nSPS) is 17.9. The van der Waals surface area contributed by atoms with E-state index in [2.05, 4.69) is 10.6 Å². The van der Waals surface area contributed by atoms with Crippen LogP contribution >= 0.6 is 12.4 Å². The van der Waals surface area contributed by atoms with E-state index in [0.717, 1.165) is 25.1 Å². The van der Waals surface area contributed by atoms with Gasteiger partial charge in [0.15, 0.2) is 0 Å². The van der Waals surface area contributed by atoms with Crippen molar-refractivity contribution in [2.75, 3.05) is 19.7 Å². The zero-order valence-corrected chi connectivity index (χ0v) is 12.7. The van der Waals surface area contributed by atoms with E-state index in [9.17, 15) is 4.79 Å². The Balaban J connectivity index is 0.00000200. The SMILES string of the molecule is Cc1cccc(OCCNC(=O)[C@@H]2CCCCN2)c1.Cl. The van der Waals surface area contributed by atoms with E-state index >= 15 is 0 Å². The van der Waals surface area contributed by atoms with Gasteiger partial charge in [0.1, 0.15) is 12.4 Å². The summed E-state index contributed by atoms with van der Waals surface area (Å²) >= 11 is 0. The van der Waals surface area contributed by atoms with Gasteiger partial charge in [-0.3, -0.25) is 4.79 Å². The lowest BCUT2D eigenvalue weighted by Crippen LogP contribution is -2.47. The van der Waals surface area contributed by atoms with Crippen molar-refractivity contribution in [3.05, 3.63) is 29.8 Å². The number of piperidine rings is 1. The molecular formula is C15H23ClN2O2. The molecule has 0 aromatic heterocycles. The zero-order valence-electron chi connectivity index (χ0n) is 11.9. The number of carbonyl (C=O) groups excluding carboxylic acids is 1. The highest BCUT2D eigenvalue weighted by Gasteiger charge is 2.19. The van der Waals surface area contributed by atoms with E-state index in [1.54, 1.807) is 0 Å². The summed E-state index contributed by atoms with van der Waals surface area (Å²) in [6.07, 6.45) is 3.23. The molecule has 0 saturated carbocycles. The van der Waals surface area contributed by atoms with Crippen LogP contribution in [-0.4, -0.2) is 31.6 Å². The Hall–Kier alpha value is -1.26.